The van der Waals surface area contributed by atoms with Crippen LogP contribution in [0.15, 0.2) is 65.8 Å². The van der Waals surface area contributed by atoms with Crippen molar-refractivity contribution in [1.29, 1.82) is 5.26 Å². The number of rotatable bonds is 5. The molecule has 3 aromatic rings. The van der Waals surface area contributed by atoms with Gasteiger partial charge in [-0.05, 0) is 59.0 Å². The average molecular weight is 398 g/mol. The number of nitriles is 1. The first kappa shape index (κ1) is 19.1. The maximum absolute atomic E-state index is 11.9. The van der Waals surface area contributed by atoms with Gasteiger partial charge in [0.1, 0.15) is 0 Å². The molecule has 0 fully saturated rings. The number of benzene rings is 2. The first-order chi connectivity index (χ1) is 12.9. The highest BCUT2D eigenvalue weighted by atomic mass is 35.5. The number of nitrogens with two attached hydrogens (primary N) is 1. The van der Waals surface area contributed by atoms with Crippen molar-refractivity contribution in [2.75, 3.05) is 0 Å². The van der Waals surface area contributed by atoms with E-state index in [-0.39, 0.29) is 4.90 Å². The average Bonchev–Trinajstić information content (AvgIpc) is 2.65. The number of pyridine rings is 1. The van der Waals surface area contributed by atoms with Crippen molar-refractivity contribution >= 4 is 21.6 Å². The molecule has 0 radical (unpaired) electrons. The SMILES string of the molecule is N#Cc1ccc(Cc2cc(S(N)(=O)=O)cc(Cc3cccnc3)c2Cl)cc1. The smallest absolute Gasteiger partial charge is 0.238 e. The third kappa shape index (κ3) is 4.72. The van der Waals surface area contributed by atoms with Crippen LogP contribution in [0.2, 0.25) is 5.02 Å². The fraction of sp³-hybridized carbons (Fsp3) is 0.100. The third-order valence-electron chi connectivity index (χ3n) is 4.12. The fourth-order valence-corrected chi connectivity index (χ4v) is 3.64. The van der Waals surface area contributed by atoms with Crippen molar-refractivity contribution in [2.45, 2.75) is 17.7 Å². The van der Waals surface area contributed by atoms with E-state index in [2.05, 4.69) is 11.1 Å². The van der Waals surface area contributed by atoms with Crippen LogP contribution in [0, 0.1) is 11.3 Å². The van der Waals surface area contributed by atoms with Gasteiger partial charge in [0.15, 0.2) is 0 Å². The molecule has 27 heavy (non-hydrogen) atoms. The van der Waals surface area contributed by atoms with Crippen LogP contribution in [0.4, 0.5) is 0 Å². The Morgan fingerprint density at radius 2 is 1.67 bits per heavy atom. The van der Waals surface area contributed by atoms with Crippen molar-refractivity contribution in [3.63, 3.8) is 0 Å². The third-order valence-corrected chi connectivity index (χ3v) is 5.50. The molecular weight excluding hydrogens is 382 g/mol. The lowest BCUT2D eigenvalue weighted by atomic mass is 9.99. The quantitative estimate of drug-likeness (QED) is 0.713. The second-order valence-corrected chi connectivity index (χ2v) is 8.06. The van der Waals surface area contributed by atoms with Gasteiger partial charge in [0, 0.05) is 23.8 Å². The number of halogens is 1. The lowest BCUT2D eigenvalue weighted by Crippen LogP contribution is -2.13. The minimum absolute atomic E-state index is 0.0226. The lowest BCUT2D eigenvalue weighted by molar-refractivity contribution is 0.597. The van der Waals surface area contributed by atoms with Crippen LogP contribution in [-0.4, -0.2) is 13.4 Å². The number of aromatic nitrogens is 1. The summed E-state index contributed by atoms with van der Waals surface area (Å²) in [6, 6.07) is 15.8. The summed E-state index contributed by atoms with van der Waals surface area (Å²) in [5.74, 6) is 0. The first-order valence-electron chi connectivity index (χ1n) is 8.09. The molecule has 0 saturated carbocycles. The first-order valence-corrected chi connectivity index (χ1v) is 10.0. The highest BCUT2D eigenvalue weighted by Gasteiger charge is 2.16. The molecule has 0 amide bonds. The fourth-order valence-electron chi connectivity index (χ4n) is 2.78. The van der Waals surface area contributed by atoms with Gasteiger partial charge in [0.05, 0.1) is 16.5 Å². The van der Waals surface area contributed by atoms with Gasteiger partial charge in [-0.2, -0.15) is 5.26 Å². The highest BCUT2D eigenvalue weighted by Crippen LogP contribution is 2.29. The second kappa shape index (κ2) is 7.89. The number of hydrogen-bond donors (Lipinski definition) is 1. The van der Waals surface area contributed by atoms with E-state index in [0.717, 1.165) is 11.1 Å². The van der Waals surface area contributed by atoms with E-state index >= 15 is 0 Å². The molecule has 1 aromatic heterocycles. The van der Waals surface area contributed by atoms with Crippen LogP contribution in [0.3, 0.4) is 0 Å². The molecule has 3 rings (SSSR count). The van der Waals surface area contributed by atoms with E-state index < -0.39 is 10.0 Å². The number of nitrogens with zero attached hydrogens (tertiary/aromatic N) is 2. The minimum atomic E-state index is -3.88. The molecule has 2 aromatic carbocycles. The van der Waals surface area contributed by atoms with Crippen LogP contribution >= 0.6 is 11.6 Å². The van der Waals surface area contributed by atoms with Crippen molar-refractivity contribution in [1.82, 2.24) is 4.98 Å². The van der Waals surface area contributed by atoms with E-state index in [1.807, 2.05) is 24.3 Å². The van der Waals surface area contributed by atoms with Crippen LogP contribution in [0.1, 0.15) is 27.8 Å². The molecule has 1 heterocycles. The van der Waals surface area contributed by atoms with Crippen molar-refractivity contribution in [2.24, 2.45) is 5.14 Å². The second-order valence-electron chi connectivity index (χ2n) is 6.12. The predicted octanol–water partition coefficient (Wildman–Crippen LogP) is 3.44. The van der Waals surface area contributed by atoms with Gasteiger partial charge in [-0.15, -0.1) is 0 Å². The molecule has 0 saturated heterocycles. The predicted molar refractivity (Wildman–Crippen MR) is 104 cm³/mol. The molecular formula is C20H16ClN3O2S. The zero-order chi connectivity index (χ0) is 19.4. The Balaban J connectivity index is 2.03. The molecule has 0 bridgehead atoms. The monoisotopic (exact) mass is 397 g/mol. The summed E-state index contributed by atoms with van der Waals surface area (Å²) in [5, 5.41) is 14.8. The van der Waals surface area contributed by atoms with Crippen LogP contribution in [0.5, 0.6) is 0 Å². The van der Waals surface area contributed by atoms with Crippen molar-refractivity contribution in [3.05, 3.63) is 93.8 Å². The minimum Gasteiger partial charge on any atom is -0.264 e. The van der Waals surface area contributed by atoms with E-state index in [1.54, 1.807) is 24.5 Å². The van der Waals surface area contributed by atoms with Gasteiger partial charge >= 0.3 is 0 Å². The van der Waals surface area contributed by atoms with E-state index in [0.29, 0.717) is 34.6 Å². The van der Waals surface area contributed by atoms with Crippen LogP contribution < -0.4 is 5.14 Å². The Hall–Kier alpha value is -2.72. The highest BCUT2D eigenvalue weighted by molar-refractivity contribution is 7.89. The molecule has 0 spiro atoms. The van der Waals surface area contributed by atoms with Crippen LogP contribution in [-0.2, 0) is 22.9 Å². The van der Waals surface area contributed by atoms with Gasteiger partial charge in [-0.25, -0.2) is 13.6 Å². The van der Waals surface area contributed by atoms with E-state index in [9.17, 15) is 8.42 Å². The summed E-state index contributed by atoms with van der Waals surface area (Å²) >= 11 is 6.58. The molecule has 136 valence electrons. The number of primary sulfonamides is 1. The number of sulfonamides is 1. The summed E-state index contributed by atoms with van der Waals surface area (Å²) in [6.07, 6.45) is 4.24. The summed E-state index contributed by atoms with van der Waals surface area (Å²) in [5.41, 5.74) is 3.71. The zero-order valence-corrected chi connectivity index (χ0v) is 15.8. The molecule has 7 heteroatoms. The maximum atomic E-state index is 11.9. The van der Waals surface area contributed by atoms with E-state index in [1.165, 1.54) is 12.1 Å². The van der Waals surface area contributed by atoms with Gasteiger partial charge in [-0.3, -0.25) is 4.98 Å². The van der Waals surface area contributed by atoms with Gasteiger partial charge in [0.25, 0.3) is 0 Å². The largest absolute Gasteiger partial charge is 0.264 e. The molecule has 5 nitrogen and oxygen atoms in total. The molecule has 2 N–H and O–H groups in total. The van der Waals surface area contributed by atoms with Crippen LogP contribution in [0.25, 0.3) is 0 Å². The van der Waals surface area contributed by atoms with Crippen molar-refractivity contribution < 1.29 is 8.42 Å². The maximum Gasteiger partial charge on any atom is 0.238 e. The lowest BCUT2D eigenvalue weighted by Gasteiger charge is -2.13. The molecule has 0 aliphatic carbocycles. The Morgan fingerprint density at radius 1 is 1.04 bits per heavy atom. The normalized spacial score (nSPS) is 11.1. The van der Waals surface area contributed by atoms with Gasteiger partial charge < -0.3 is 0 Å². The Morgan fingerprint density at radius 3 is 2.19 bits per heavy atom. The Labute approximate surface area is 163 Å². The summed E-state index contributed by atoms with van der Waals surface area (Å²) in [4.78, 5) is 4.10. The molecule has 0 unspecified atom stereocenters. The van der Waals surface area contributed by atoms with Crippen molar-refractivity contribution in [3.8, 4) is 6.07 Å². The van der Waals surface area contributed by atoms with Gasteiger partial charge in [-0.1, -0.05) is 29.8 Å². The summed E-state index contributed by atoms with van der Waals surface area (Å²) < 4.78 is 23.8. The molecule has 0 aliphatic rings. The Kier molecular flexibility index (Phi) is 5.57. The number of hydrogen-bond acceptors (Lipinski definition) is 4. The molecule has 0 atom stereocenters. The topological polar surface area (TPSA) is 96.8 Å². The van der Waals surface area contributed by atoms with E-state index in [4.69, 9.17) is 22.0 Å². The van der Waals surface area contributed by atoms with Gasteiger partial charge in [0.2, 0.25) is 10.0 Å². The molecule has 0 aliphatic heterocycles. The standard InChI is InChI=1S/C20H16ClN3O2S/c21-20-17(8-14-3-5-15(12-22)6-4-14)10-19(27(23,25)26)11-18(20)9-16-2-1-7-24-13-16/h1-7,10-11,13H,8-9H2,(H2,23,25,26). The summed E-state index contributed by atoms with van der Waals surface area (Å²) in [7, 11) is -3.88. The summed E-state index contributed by atoms with van der Waals surface area (Å²) in [6.45, 7) is 0. The zero-order valence-electron chi connectivity index (χ0n) is 14.3. The Bertz CT molecular complexity index is 1110.